The molecule has 108 valence electrons. The minimum Gasteiger partial charge on any atom is -0.464 e. The van der Waals surface area contributed by atoms with E-state index in [-0.39, 0.29) is 6.04 Å². The fraction of sp³-hybridized carbons (Fsp3) is 0.278. The Morgan fingerprint density at radius 3 is 2.76 bits per heavy atom. The molecule has 3 nitrogen and oxygen atoms in total. The van der Waals surface area contributed by atoms with Crippen molar-refractivity contribution in [1.82, 2.24) is 10.3 Å². The Morgan fingerprint density at radius 2 is 2.00 bits per heavy atom. The molecule has 0 aliphatic rings. The molecule has 0 spiro atoms. The molecule has 2 heterocycles. The fourth-order valence-corrected chi connectivity index (χ4v) is 2.63. The van der Waals surface area contributed by atoms with E-state index < -0.39 is 0 Å². The predicted octanol–water partition coefficient (Wildman–Crippen LogP) is 4.23. The minimum atomic E-state index is 0.0391. The highest BCUT2D eigenvalue weighted by molar-refractivity contribution is 5.85. The molecule has 1 aromatic carbocycles. The Labute approximate surface area is 125 Å². The van der Waals surface area contributed by atoms with Crippen molar-refractivity contribution in [3.05, 3.63) is 65.9 Å². The van der Waals surface area contributed by atoms with Gasteiger partial charge in [-0.15, -0.1) is 0 Å². The molecular weight excluding hydrogens is 260 g/mol. The molecule has 0 aliphatic carbocycles. The highest BCUT2D eigenvalue weighted by Gasteiger charge is 2.19. The lowest BCUT2D eigenvalue weighted by molar-refractivity contribution is 0.431. The van der Waals surface area contributed by atoms with Crippen LogP contribution in [-0.4, -0.2) is 11.5 Å². The maximum Gasteiger partial charge on any atom is 0.125 e. The van der Waals surface area contributed by atoms with E-state index in [0.717, 1.165) is 35.4 Å². The van der Waals surface area contributed by atoms with Crippen LogP contribution in [0.1, 0.15) is 36.5 Å². The molecular formula is C18H20N2O. The SMILES string of the molecule is CCCNC(c1ccc(C)o1)c1cncc2ccccc12. The highest BCUT2D eigenvalue weighted by Crippen LogP contribution is 2.29. The summed E-state index contributed by atoms with van der Waals surface area (Å²) in [6, 6.07) is 12.4. The topological polar surface area (TPSA) is 38.1 Å². The molecule has 3 rings (SSSR count). The quantitative estimate of drug-likeness (QED) is 0.760. The van der Waals surface area contributed by atoms with E-state index in [4.69, 9.17) is 4.42 Å². The number of aromatic nitrogens is 1. The average Bonchev–Trinajstić information content (AvgIpc) is 2.94. The first-order valence-corrected chi connectivity index (χ1v) is 7.42. The molecule has 3 aromatic rings. The molecule has 21 heavy (non-hydrogen) atoms. The number of benzene rings is 1. The van der Waals surface area contributed by atoms with Crippen molar-refractivity contribution in [2.45, 2.75) is 26.3 Å². The van der Waals surface area contributed by atoms with Crippen molar-refractivity contribution < 1.29 is 4.42 Å². The first kappa shape index (κ1) is 13.8. The van der Waals surface area contributed by atoms with Gasteiger partial charge in [-0.2, -0.15) is 0 Å². The van der Waals surface area contributed by atoms with Gasteiger partial charge in [-0.1, -0.05) is 31.2 Å². The van der Waals surface area contributed by atoms with Crippen LogP contribution in [0.5, 0.6) is 0 Å². The highest BCUT2D eigenvalue weighted by atomic mass is 16.3. The zero-order valence-corrected chi connectivity index (χ0v) is 12.5. The number of hydrogen-bond acceptors (Lipinski definition) is 3. The van der Waals surface area contributed by atoms with Gasteiger partial charge in [0.15, 0.2) is 0 Å². The van der Waals surface area contributed by atoms with Crippen molar-refractivity contribution in [3.8, 4) is 0 Å². The lowest BCUT2D eigenvalue weighted by Gasteiger charge is -2.18. The van der Waals surface area contributed by atoms with Crippen LogP contribution >= 0.6 is 0 Å². The third-order valence-corrected chi connectivity index (χ3v) is 3.65. The molecule has 3 heteroatoms. The van der Waals surface area contributed by atoms with Gasteiger partial charge in [0.05, 0.1) is 6.04 Å². The second-order valence-corrected chi connectivity index (χ2v) is 5.29. The number of fused-ring (bicyclic) bond motifs is 1. The van der Waals surface area contributed by atoms with Crippen LogP contribution in [0, 0.1) is 6.92 Å². The Hall–Kier alpha value is -2.13. The molecule has 0 saturated heterocycles. The lowest BCUT2D eigenvalue weighted by Crippen LogP contribution is -2.23. The van der Waals surface area contributed by atoms with Crippen LogP contribution in [0.15, 0.2) is 53.2 Å². The number of furan rings is 1. The summed E-state index contributed by atoms with van der Waals surface area (Å²) in [5.41, 5.74) is 1.16. The zero-order chi connectivity index (χ0) is 14.7. The number of hydrogen-bond donors (Lipinski definition) is 1. The molecule has 1 N–H and O–H groups in total. The average molecular weight is 280 g/mol. The van der Waals surface area contributed by atoms with E-state index >= 15 is 0 Å². The van der Waals surface area contributed by atoms with Crippen molar-refractivity contribution in [1.29, 1.82) is 0 Å². The Morgan fingerprint density at radius 1 is 1.14 bits per heavy atom. The van der Waals surface area contributed by atoms with Gasteiger partial charge in [0.25, 0.3) is 0 Å². The summed E-state index contributed by atoms with van der Waals surface area (Å²) >= 11 is 0. The molecule has 0 aliphatic heterocycles. The number of aryl methyl sites for hydroxylation is 1. The lowest BCUT2D eigenvalue weighted by atomic mass is 10.00. The summed E-state index contributed by atoms with van der Waals surface area (Å²) in [6.45, 7) is 5.08. The number of nitrogens with one attached hydrogen (secondary N) is 1. The second kappa shape index (κ2) is 6.10. The maximum atomic E-state index is 5.86. The van der Waals surface area contributed by atoms with E-state index in [1.807, 2.05) is 37.5 Å². The third kappa shape index (κ3) is 2.83. The van der Waals surface area contributed by atoms with Crippen molar-refractivity contribution in [3.63, 3.8) is 0 Å². The van der Waals surface area contributed by atoms with Gasteiger partial charge in [0.2, 0.25) is 0 Å². The van der Waals surface area contributed by atoms with Crippen LogP contribution in [0.4, 0.5) is 0 Å². The molecule has 0 radical (unpaired) electrons. The number of rotatable bonds is 5. The number of nitrogens with zero attached hydrogens (tertiary/aromatic N) is 1. The molecule has 2 aromatic heterocycles. The first-order chi connectivity index (χ1) is 10.3. The van der Waals surface area contributed by atoms with E-state index in [1.54, 1.807) is 0 Å². The zero-order valence-electron chi connectivity index (χ0n) is 12.5. The molecule has 0 saturated carbocycles. The van der Waals surface area contributed by atoms with E-state index in [0.29, 0.717) is 0 Å². The van der Waals surface area contributed by atoms with Crippen molar-refractivity contribution >= 4 is 10.8 Å². The van der Waals surface area contributed by atoms with Crippen LogP contribution < -0.4 is 5.32 Å². The molecule has 0 bridgehead atoms. The minimum absolute atomic E-state index is 0.0391. The summed E-state index contributed by atoms with van der Waals surface area (Å²) < 4.78 is 5.86. The van der Waals surface area contributed by atoms with Crippen LogP contribution in [0.2, 0.25) is 0 Å². The van der Waals surface area contributed by atoms with Gasteiger partial charge >= 0.3 is 0 Å². The van der Waals surface area contributed by atoms with E-state index in [9.17, 15) is 0 Å². The molecule has 1 unspecified atom stereocenters. The van der Waals surface area contributed by atoms with Crippen LogP contribution in [0.25, 0.3) is 10.8 Å². The fourth-order valence-electron chi connectivity index (χ4n) is 2.63. The molecule has 1 atom stereocenters. The smallest absolute Gasteiger partial charge is 0.125 e. The van der Waals surface area contributed by atoms with E-state index in [2.05, 4.69) is 35.4 Å². The molecule has 0 fully saturated rings. The second-order valence-electron chi connectivity index (χ2n) is 5.29. The molecule has 0 amide bonds. The summed E-state index contributed by atoms with van der Waals surface area (Å²) in [5.74, 6) is 1.88. The van der Waals surface area contributed by atoms with Gasteiger partial charge in [-0.3, -0.25) is 4.98 Å². The van der Waals surface area contributed by atoms with E-state index in [1.165, 1.54) is 5.39 Å². The van der Waals surface area contributed by atoms with Gasteiger partial charge in [-0.05, 0) is 37.4 Å². The van der Waals surface area contributed by atoms with Crippen LogP contribution in [0.3, 0.4) is 0 Å². The Balaban J connectivity index is 2.09. The predicted molar refractivity (Wildman–Crippen MR) is 85.3 cm³/mol. The summed E-state index contributed by atoms with van der Waals surface area (Å²) in [7, 11) is 0. The standard InChI is InChI=1S/C18H20N2O/c1-3-10-20-18(17-9-8-13(2)21-17)16-12-19-11-14-6-4-5-7-15(14)16/h4-9,11-12,18,20H,3,10H2,1-2H3. The van der Waals surface area contributed by atoms with Gasteiger partial charge in [0, 0.05) is 23.3 Å². The Bertz CT molecular complexity index is 727. The van der Waals surface area contributed by atoms with Gasteiger partial charge in [-0.25, -0.2) is 0 Å². The Kier molecular flexibility index (Phi) is 4.02. The largest absolute Gasteiger partial charge is 0.464 e. The third-order valence-electron chi connectivity index (χ3n) is 3.65. The van der Waals surface area contributed by atoms with Gasteiger partial charge in [0.1, 0.15) is 11.5 Å². The maximum absolute atomic E-state index is 5.86. The van der Waals surface area contributed by atoms with Crippen molar-refractivity contribution in [2.75, 3.05) is 6.54 Å². The number of pyridine rings is 1. The summed E-state index contributed by atoms with van der Waals surface area (Å²) in [5, 5.41) is 5.95. The van der Waals surface area contributed by atoms with Crippen LogP contribution in [-0.2, 0) is 0 Å². The van der Waals surface area contributed by atoms with Crippen molar-refractivity contribution in [2.24, 2.45) is 0 Å². The monoisotopic (exact) mass is 280 g/mol. The van der Waals surface area contributed by atoms with Gasteiger partial charge < -0.3 is 9.73 Å². The summed E-state index contributed by atoms with van der Waals surface area (Å²) in [6.07, 6.45) is 4.92. The first-order valence-electron chi connectivity index (χ1n) is 7.42. The normalized spacial score (nSPS) is 12.7. The summed E-state index contributed by atoms with van der Waals surface area (Å²) in [4.78, 5) is 4.39.